The van der Waals surface area contributed by atoms with Gasteiger partial charge in [0.25, 0.3) is 0 Å². The van der Waals surface area contributed by atoms with E-state index in [1.807, 2.05) is 17.8 Å². The second-order valence-corrected chi connectivity index (χ2v) is 5.69. The van der Waals surface area contributed by atoms with E-state index in [-0.39, 0.29) is 12.2 Å². The van der Waals surface area contributed by atoms with Crippen LogP contribution >= 0.6 is 11.8 Å². The highest BCUT2D eigenvalue weighted by atomic mass is 32.2. The Bertz CT molecular complexity index is 362. The number of hydrogen-bond acceptors (Lipinski definition) is 3. The van der Waals surface area contributed by atoms with Crippen molar-refractivity contribution in [2.75, 3.05) is 20.0 Å². The summed E-state index contributed by atoms with van der Waals surface area (Å²) >= 11 is 1.83. The standard InChI is InChI=1S/C16H24O2S/c1-5-6-14(17-3)11-15(18-4)12-19-16-9-7-13(2)8-10-16/h5,7-10,14-15H,1,6,11-12H2,2-4H3/t14-,15+/m0/s1. The van der Waals surface area contributed by atoms with Crippen LogP contribution in [-0.4, -0.2) is 32.2 Å². The van der Waals surface area contributed by atoms with Gasteiger partial charge in [-0.2, -0.15) is 0 Å². The minimum absolute atomic E-state index is 0.195. The number of aryl methyl sites for hydroxylation is 1. The lowest BCUT2D eigenvalue weighted by Crippen LogP contribution is -2.23. The Hall–Kier alpha value is -0.770. The van der Waals surface area contributed by atoms with E-state index in [0.29, 0.717) is 0 Å². The molecule has 0 aliphatic rings. The molecule has 106 valence electrons. The fourth-order valence-electron chi connectivity index (χ4n) is 1.82. The second kappa shape index (κ2) is 9.18. The van der Waals surface area contributed by atoms with Crippen molar-refractivity contribution in [3.63, 3.8) is 0 Å². The van der Waals surface area contributed by atoms with Crippen molar-refractivity contribution in [2.45, 2.75) is 36.9 Å². The number of benzene rings is 1. The molecule has 0 aliphatic carbocycles. The molecule has 0 heterocycles. The molecule has 0 N–H and O–H groups in total. The molecule has 0 bridgehead atoms. The highest BCUT2D eigenvalue weighted by Gasteiger charge is 2.15. The van der Waals surface area contributed by atoms with E-state index in [9.17, 15) is 0 Å². The summed E-state index contributed by atoms with van der Waals surface area (Å²) in [5, 5.41) is 0. The van der Waals surface area contributed by atoms with Crippen molar-refractivity contribution in [1.29, 1.82) is 0 Å². The molecule has 0 aliphatic heterocycles. The van der Waals surface area contributed by atoms with Crippen molar-refractivity contribution < 1.29 is 9.47 Å². The van der Waals surface area contributed by atoms with Crippen LogP contribution in [0.1, 0.15) is 18.4 Å². The van der Waals surface area contributed by atoms with E-state index >= 15 is 0 Å². The van der Waals surface area contributed by atoms with Gasteiger partial charge in [-0.05, 0) is 25.5 Å². The molecule has 1 aromatic rings. The molecule has 0 saturated heterocycles. The smallest absolute Gasteiger partial charge is 0.0690 e. The van der Waals surface area contributed by atoms with Gasteiger partial charge in [0.05, 0.1) is 12.2 Å². The van der Waals surface area contributed by atoms with Crippen LogP contribution in [0.4, 0.5) is 0 Å². The molecule has 0 spiro atoms. The number of thioether (sulfide) groups is 1. The topological polar surface area (TPSA) is 18.5 Å². The molecule has 0 aromatic heterocycles. The molecule has 0 saturated carbocycles. The molecule has 0 unspecified atom stereocenters. The van der Waals surface area contributed by atoms with Gasteiger partial charge in [0, 0.05) is 31.3 Å². The molecule has 2 atom stereocenters. The zero-order chi connectivity index (χ0) is 14.1. The number of methoxy groups -OCH3 is 2. The molecule has 19 heavy (non-hydrogen) atoms. The van der Waals surface area contributed by atoms with Crippen LogP contribution < -0.4 is 0 Å². The summed E-state index contributed by atoms with van der Waals surface area (Å²) in [6, 6.07) is 8.59. The largest absolute Gasteiger partial charge is 0.381 e. The predicted octanol–water partition coefficient (Wildman–Crippen LogP) is 4.08. The Morgan fingerprint density at radius 1 is 1.16 bits per heavy atom. The van der Waals surface area contributed by atoms with Crippen molar-refractivity contribution in [1.82, 2.24) is 0 Å². The number of hydrogen-bond donors (Lipinski definition) is 0. The molecular formula is C16H24O2S. The molecule has 0 amide bonds. The SMILES string of the molecule is C=CC[C@@H](C[C@H](CSc1ccc(C)cc1)OC)OC. The van der Waals surface area contributed by atoms with E-state index in [2.05, 4.69) is 37.8 Å². The minimum Gasteiger partial charge on any atom is -0.381 e. The first-order valence-electron chi connectivity index (χ1n) is 6.55. The van der Waals surface area contributed by atoms with Crippen molar-refractivity contribution in [2.24, 2.45) is 0 Å². The lowest BCUT2D eigenvalue weighted by molar-refractivity contribution is 0.0343. The average molecular weight is 280 g/mol. The van der Waals surface area contributed by atoms with Crippen molar-refractivity contribution in [3.05, 3.63) is 42.5 Å². The van der Waals surface area contributed by atoms with Gasteiger partial charge in [-0.15, -0.1) is 18.3 Å². The van der Waals surface area contributed by atoms with Gasteiger partial charge in [0.2, 0.25) is 0 Å². The summed E-state index contributed by atoms with van der Waals surface area (Å²) in [5.74, 6) is 0.941. The lowest BCUT2D eigenvalue weighted by Gasteiger charge is -2.20. The van der Waals surface area contributed by atoms with Crippen LogP contribution in [0.25, 0.3) is 0 Å². The third kappa shape index (κ3) is 6.28. The Morgan fingerprint density at radius 2 is 1.79 bits per heavy atom. The highest BCUT2D eigenvalue weighted by molar-refractivity contribution is 7.99. The van der Waals surface area contributed by atoms with Gasteiger partial charge in [0.15, 0.2) is 0 Å². The molecule has 0 radical (unpaired) electrons. The van der Waals surface area contributed by atoms with Crippen molar-refractivity contribution >= 4 is 11.8 Å². The lowest BCUT2D eigenvalue weighted by atomic mass is 10.1. The molecule has 1 rings (SSSR count). The third-order valence-corrected chi connectivity index (χ3v) is 4.22. The maximum absolute atomic E-state index is 5.54. The van der Waals surface area contributed by atoms with Gasteiger partial charge >= 0.3 is 0 Å². The summed E-state index contributed by atoms with van der Waals surface area (Å²) in [6.45, 7) is 5.86. The van der Waals surface area contributed by atoms with Crippen LogP contribution in [0, 0.1) is 6.92 Å². The summed E-state index contributed by atoms with van der Waals surface area (Å²) in [5.41, 5.74) is 1.29. The van der Waals surface area contributed by atoms with E-state index < -0.39 is 0 Å². The van der Waals surface area contributed by atoms with E-state index in [1.165, 1.54) is 10.5 Å². The third-order valence-electron chi connectivity index (χ3n) is 3.08. The molecular weight excluding hydrogens is 256 g/mol. The Labute approximate surface area is 121 Å². The number of ether oxygens (including phenoxy) is 2. The van der Waals surface area contributed by atoms with Gasteiger partial charge in [-0.1, -0.05) is 23.8 Å². The first-order valence-corrected chi connectivity index (χ1v) is 7.54. The Balaban J connectivity index is 2.43. The summed E-state index contributed by atoms with van der Waals surface area (Å²) < 4.78 is 11.0. The van der Waals surface area contributed by atoms with Crippen LogP contribution in [0.15, 0.2) is 41.8 Å². The fourth-order valence-corrected chi connectivity index (χ4v) is 2.80. The highest BCUT2D eigenvalue weighted by Crippen LogP contribution is 2.22. The van der Waals surface area contributed by atoms with Crippen LogP contribution in [0.3, 0.4) is 0 Å². The van der Waals surface area contributed by atoms with Gasteiger partial charge < -0.3 is 9.47 Å². The van der Waals surface area contributed by atoms with Gasteiger partial charge in [-0.25, -0.2) is 0 Å². The van der Waals surface area contributed by atoms with E-state index in [0.717, 1.165) is 18.6 Å². The first kappa shape index (κ1) is 16.3. The fraction of sp³-hybridized carbons (Fsp3) is 0.500. The zero-order valence-corrected chi connectivity index (χ0v) is 12.9. The predicted molar refractivity (Wildman–Crippen MR) is 82.9 cm³/mol. The maximum Gasteiger partial charge on any atom is 0.0690 e. The van der Waals surface area contributed by atoms with E-state index in [1.54, 1.807) is 14.2 Å². The molecule has 3 heteroatoms. The summed E-state index contributed by atoms with van der Waals surface area (Å²) in [6.07, 6.45) is 4.06. The minimum atomic E-state index is 0.195. The van der Waals surface area contributed by atoms with Crippen molar-refractivity contribution in [3.8, 4) is 0 Å². The van der Waals surface area contributed by atoms with Gasteiger partial charge in [-0.3, -0.25) is 0 Å². The molecule has 0 fully saturated rings. The summed E-state index contributed by atoms with van der Waals surface area (Å²) in [7, 11) is 3.51. The quantitative estimate of drug-likeness (QED) is 0.501. The number of rotatable bonds is 9. The molecule has 1 aromatic carbocycles. The van der Waals surface area contributed by atoms with E-state index in [4.69, 9.17) is 9.47 Å². The first-order chi connectivity index (χ1) is 9.19. The van der Waals surface area contributed by atoms with Crippen LogP contribution in [-0.2, 0) is 9.47 Å². The average Bonchev–Trinajstić information content (AvgIpc) is 2.44. The summed E-state index contributed by atoms with van der Waals surface area (Å²) in [4.78, 5) is 1.28. The Kier molecular flexibility index (Phi) is 7.87. The molecule has 2 nitrogen and oxygen atoms in total. The van der Waals surface area contributed by atoms with Gasteiger partial charge in [0.1, 0.15) is 0 Å². The zero-order valence-electron chi connectivity index (χ0n) is 12.1. The second-order valence-electron chi connectivity index (χ2n) is 4.60. The normalized spacial score (nSPS) is 14.1. The van der Waals surface area contributed by atoms with Crippen LogP contribution in [0.5, 0.6) is 0 Å². The Morgan fingerprint density at radius 3 is 2.32 bits per heavy atom. The monoisotopic (exact) mass is 280 g/mol. The maximum atomic E-state index is 5.54. The van der Waals surface area contributed by atoms with Crippen LogP contribution in [0.2, 0.25) is 0 Å².